The molecule has 10 heteroatoms. The lowest BCUT2D eigenvalue weighted by atomic mass is 10.2. The summed E-state index contributed by atoms with van der Waals surface area (Å²) in [5.41, 5.74) is 0.939. The van der Waals surface area contributed by atoms with Crippen molar-refractivity contribution < 1.29 is 4.79 Å². The number of nitrogens with zero attached hydrogens (tertiary/aromatic N) is 4. The van der Waals surface area contributed by atoms with Crippen LogP contribution in [0, 0.1) is 0 Å². The minimum atomic E-state index is -0.134. The number of nitrogens with one attached hydrogen (secondary N) is 1. The fourth-order valence-electron chi connectivity index (χ4n) is 3.25. The van der Waals surface area contributed by atoms with Crippen molar-refractivity contribution in [2.75, 3.05) is 4.90 Å². The Morgan fingerprint density at radius 3 is 2.77 bits per heavy atom. The van der Waals surface area contributed by atoms with Gasteiger partial charge >= 0.3 is 0 Å². The van der Waals surface area contributed by atoms with E-state index in [9.17, 15) is 9.59 Å². The number of fused-ring (bicyclic) bond motifs is 1. The van der Waals surface area contributed by atoms with Crippen molar-refractivity contribution in [3.8, 4) is 10.4 Å². The van der Waals surface area contributed by atoms with Crippen LogP contribution < -0.4 is 10.5 Å². The van der Waals surface area contributed by atoms with Crippen molar-refractivity contribution in [3.05, 3.63) is 52.6 Å². The Hall–Kier alpha value is -2.56. The van der Waals surface area contributed by atoms with Gasteiger partial charge in [-0.25, -0.2) is 4.98 Å². The van der Waals surface area contributed by atoms with E-state index < -0.39 is 0 Å². The van der Waals surface area contributed by atoms with Crippen molar-refractivity contribution in [1.82, 2.24) is 20.2 Å². The van der Waals surface area contributed by atoms with E-state index in [-0.39, 0.29) is 17.5 Å². The molecule has 0 radical (unpaired) electrons. The van der Waals surface area contributed by atoms with Gasteiger partial charge in [0.25, 0.3) is 5.56 Å². The highest BCUT2D eigenvalue weighted by atomic mass is 32.2. The van der Waals surface area contributed by atoms with E-state index in [4.69, 9.17) is 0 Å². The number of amides is 1. The van der Waals surface area contributed by atoms with Gasteiger partial charge in [-0.05, 0) is 24.5 Å². The second-order valence-corrected chi connectivity index (χ2v) is 10.4. The first kappa shape index (κ1) is 20.3. The maximum Gasteiger partial charge on any atom is 0.259 e. The summed E-state index contributed by atoms with van der Waals surface area (Å²) in [7, 11) is 0. The number of aromatic nitrogens is 4. The maximum absolute atomic E-state index is 12.6. The molecule has 158 valence electrons. The number of anilines is 1. The highest BCUT2D eigenvalue weighted by Gasteiger charge is 2.35. The lowest BCUT2D eigenvalue weighted by molar-refractivity contribution is -0.118. The molecular formula is C21H19N5O2S3. The number of H-pyrrole nitrogens is 1. The molecule has 1 fully saturated rings. The molecular weight excluding hydrogens is 450 g/mol. The molecule has 1 N–H and O–H groups in total. The second kappa shape index (κ2) is 8.52. The van der Waals surface area contributed by atoms with Crippen molar-refractivity contribution in [2.45, 2.75) is 42.3 Å². The fraction of sp³-hybridized carbons (Fsp3) is 0.286. The monoisotopic (exact) mass is 469 g/mol. The zero-order valence-electron chi connectivity index (χ0n) is 16.7. The lowest BCUT2D eigenvalue weighted by Gasteiger charge is -2.17. The smallest absolute Gasteiger partial charge is 0.259 e. The van der Waals surface area contributed by atoms with Crippen LogP contribution in [0.25, 0.3) is 20.7 Å². The van der Waals surface area contributed by atoms with Crippen LogP contribution in [-0.4, -0.2) is 32.1 Å². The molecule has 7 nitrogen and oxygen atoms in total. The molecule has 0 spiro atoms. The number of thiophene rings is 1. The Morgan fingerprint density at radius 2 is 2.03 bits per heavy atom. The summed E-state index contributed by atoms with van der Waals surface area (Å²) in [6.07, 6.45) is 2.49. The Morgan fingerprint density at radius 1 is 1.23 bits per heavy atom. The zero-order valence-corrected chi connectivity index (χ0v) is 19.1. The first-order valence-corrected chi connectivity index (χ1v) is 12.6. The number of carbonyl (C=O) groups excluding carboxylic acids is 1. The van der Waals surface area contributed by atoms with E-state index in [2.05, 4.69) is 20.2 Å². The normalized spacial score (nSPS) is 13.6. The molecule has 5 rings (SSSR count). The number of benzene rings is 1. The summed E-state index contributed by atoms with van der Waals surface area (Å²) >= 11 is 4.39. The molecule has 1 aromatic carbocycles. The number of rotatable bonds is 7. The average molecular weight is 470 g/mol. The van der Waals surface area contributed by atoms with Crippen LogP contribution in [0.2, 0.25) is 0 Å². The number of thioether (sulfide) groups is 1. The van der Waals surface area contributed by atoms with Gasteiger partial charge in [-0.15, -0.1) is 21.5 Å². The predicted molar refractivity (Wildman–Crippen MR) is 126 cm³/mol. The molecule has 31 heavy (non-hydrogen) atoms. The van der Waals surface area contributed by atoms with E-state index in [0.29, 0.717) is 28.5 Å². The summed E-state index contributed by atoms with van der Waals surface area (Å²) in [5, 5.41) is 9.71. The van der Waals surface area contributed by atoms with E-state index >= 15 is 0 Å². The van der Waals surface area contributed by atoms with Crippen LogP contribution in [0.15, 0.2) is 45.5 Å². The van der Waals surface area contributed by atoms with Crippen LogP contribution in [0.3, 0.4) is 0 Å². The van der Waals surface area contributed by atoms with Gasteiger partial charge in [-0.3, -0.25) is 14.5 Å². The molecule has 4 aromatic rings. The molecule has 1 saturated carbocycles. The van der Waals surface area contributed by atoms with Gasteiger partial charge in [0.05, 0.1) is 11.1 Å². The molecule has 0 aliphatic heterocycles. The third kappa shape index (κ3) is 4.28. The van der Waals surface area contributed by atoms with Crippen LogP contribution in [-0.2, 0) is 10.5 Å². The molecule has 3 aromatic heterocycles. The minimum Gasteiger partial charge on any atom is -0.309 e. The van der Waals surface area contributed by atoms with Crippen LogP contribution in [0.4, 0.5) is 5.13 Å². The SMILES string of the molecule is CCC(=O)N(c1nnc(SCc2nc3sc(-c4ccccc4)cc3c(=O)[nH]2)s1)C1CC1. The number of hydrogen-bond donors (Lipinski definition) is 1. The van der Waals surface area contributed by atoms with Gasteiger partial charge in [0, 0.05) is 17.3 Å². The first-order chi connectivity index (χ1) is 15.1. The Balaban J connectivity index is 1.34. The van der Waals surface area contributed by atoms with Crippen molar-refractivity contribution in [2.24, 2.45) is 0 Å². The third-order valence-electron chi connectivity index (χ3n) is 4.93. The standard InChI is InChI=1S/C21H19N5O2S3/c1-2-17(27)26(13-8-9-13)20-24-25-21(31-20)29-11-16-22-18(28)14-10-15(30-19(14)23-16)12-6-4-3-5-7-12/h3-7,10,13H,2,8-9,11H2,1H3,(H,22,23,28). The van der Waals surface area contributed by atoms with Crippen LogP contribution in [0.5, 0.6) is 0 Å². The van der Waals surface area contributed by atoms with Gasteiger partial charge in [-0.1, -0.05) is 60.4 Å². The van der Waals surface area contributed by atoms with E-state index in [0.717, 1.165) is 32.5 Å². The summed E-state index contributed by atoms with van der Waals surface area (Å²) in [6.45, 7) is 1.86. The molecule has 0 bridgehead atoms. The average Bonchev–Trinajstić information content (AvgIpc) is 3.33. The first-order valence-electron chi connectivity index (χ1n) is 9.99. The number of carbonyl (C=O) groups is 1. The minimum absolute atomic E-state index is 0.0820. The fourth-order valence-corrected chi connectivity index (χ4v) is 6.10. The second-order valence-electron chi connectivity index (χ2n) is 7.20. The molecule has 1 aliphatic carbocycles. The highest BCUT2D eigenvalue weighted by molar-refractivity contribution is 8.00. The van der Waals surface area contributed by atoms with Crippen molar-refractivity contribution in [3.63, 3.8) is 0 Å². The highest BCUT2D eigenvalue weighted by Crippen LogP contribution is 2.37. The van der Waals surface area contributed by atoms with Crippen LogP contribution >= 0.6 is 34.4 Å². The van der Waals surface area contributed by atoms with Gasteiger partial charge in [-0.2, -0.15) is 0 Å². The van der Waals surface area contributed by atoms with Crippen molar-refractivity contribution in [1.29, 1.82) is 0 Å². The van der Waals surface area contributed by atoms with Crippen LogP contribution in [0.1, 0.15) is 32.0 Å². The predicted octanol–water partition coefficient (Wildman–Crippen LogP) is 4.70. The van der Waals surface area contributed by atoms with E-state index in [1.54, 1.807) is 4.90 Å². The number of aromatic amines is 1. The summed E-state index contributed by atoms with van der Waals surface area (Å²) in [5.74, 6) is 1.16. The maximum atomic E-state index is 12.6. The molecule has 0 atom stereocenters. The summed E-state index contributed by atoms with van der Waals surface area (Å²) in [4.78, 5) is 35.9. The van der Waals surface area contributed by atoms with Gasteiger partial charge in [0.15, 0.2) is 4.34 Å². The number of hydrogen-bond acceptors (Lipinski definition) is 8. The molecule has 1 aliphatic rings. The Bertz CT molecular complexity index is 1290. The lowest BCUT2D eigenvalue weighted by Crippen LogP contribution is -2.32. The Kier molecular flexibility index (Phi) is 5.59. The van der Waals surface area contributed by atoms with Gasteiger partial charge in [0.2, 0.25) is 11.0 Å². The molecule has 1 amide bonds. The summed E-state index contributed by atoms with van der Waals surface area (Å²) < 4.78 is 0.753. The van der Waals surface area contributed by atoms with Gasteiger partial charge < -0.3 is 4.98 Å². The van der Waals surface area contributed by atoms with Crippen molar-refractivity contribution >= 4 is 55.7 Å². The molecule has 3 heterocycles. The third-order valence-corrected chi connectivity index (χ3v) is 8.07. The quantitative estimate of drug-likeness (QED) is 0.312. The van der Waals surface area contributed by atoms with E-state index in [1.807, 2.05) is 43.3 Å². The topological polar surface area (TPSA) is 91.8 Å². The Labute approximate surface area is 190 Å². The summed E-state index contributed by atoms with van der Waals surface area (Å²) in [6, 6.07) is 12.1. The van der Waals surface area contributed by atoms with E-state index in [1.165, 1.54) is 34.4 Å². The molecule has 0 saturated heterocycles. The molecule has 0 unspecified atom stereocenters. The zero-order chi connectivity index (χ0) is 21.4. The van der Waals surface area contributed by atoms with Gasteiger partial charge in [0.1, 0.15) is 10.7 Å². The largest absolute Gasteiger partial charge is 0.309 e.